The van der Waals surface area contributed by atoms with Gasteiger partial charge in [0, 0.05) is 24.0 Å². The quantitative estimate of drug-likeness (QED) is 0.280. The van der Waals surface area contributed by atoms with Gasteiger partial charge in [0.25, 0.3) is 0 Å². The van der Waals surface area contributed by atoms with E-state index in [1.807, 2.05) is 0 Å². The second-order valence-electron chi connectivity index (χ2n) is 8.62. The van der Waals surface area contributed by atoms with Gasteiger partial charge in [-0.25, -0.2) is 22.4 Å². The van der Waals surface area contributed by atoms with Crippen molar-refractivity contribution in [2.75, 3.05) is 14.1 Å². The molecule has 0 amide bonds. The van der Waals surface area contributed by atoms with Crippen LogP contribution >= 0.6 is 0 Å². The van der Waals surface area contributed by atoms with Crippen LogP contribution in [0.15, 0.2) is 48.6 Å². The Morgan fingerprint density at radius 2 is 1.34 bits per heavy atom. The van der Waals surface area contributed by atoms with E-state index in [9.17, 15) is 27.5 Å². The van der Waals surface area contributed by atoms with Gasteiger partial charge in [-0.1, -0.05) is 12.1 Å². The number of benzene rings is 2. The number of likely N-dealkylation sites (N-methyl/N-ethyl adjacent to an activating group) is 1. The molecule has 2 aromatic carbocycles. The average Bonchev–Trinajstić information content (AvgIpc) is 2.88. The first-order valence-electron chi connectivity index (χ1n) is 9.89. The Hall–Kier alpha value is -2.23. The zero-order valence-electron chi connectivity index (χ0n) is 17.4. The normalized spacial score (nSPS) is 23.5. The molecular formula is C23H22BrF4NO3. The highest BCUT2D eigenvalue weighted by Gasteiger charge is 2.49. The highest BCUT2D eigenvalue weighted by Crippen LogP contribution is 2.38. The molecule has 172 valence electrons. The van der Waals surface area contributed by atoms with Gasteiger partial charge in [-0.3, -0.25) is 0 Å². The van der Waals surface area contributed by atoms with Crippen molar-refractivity contribution in [2.24, 2.45) is 0 Å². The molecule has 4 nitrogen and oxygen atoms in total. The first kappa shape index (κ1) is 24.4. The van der Waals surface area contributed by atoms with Crippen molar-refractivity contribution in [2.45, 2.75) is 36.6 Å². The van der Waals surface area contributed by atoms with Crippen LogP contribution in [0.25, 0.3) is 0 Å². The van der Waals surface area contributed by atoms with E-state index in [1.165, 1.54) is 0 Å². The summed E-state index contributed by atoms with van der Waals surface area (Å²) >= 11 is 0. The van der Waals surface area contributed by atoms with Crippen LogP contribution in [0.2, 0.25) is 0 Å². The Morgan fingerprint density at radius 1 is 0.906 bits per heavy atom. The van der Waals surface area contributed by atoms with E-state index in [1.54, 1.807) is 0 Å². The van der Waals surface area contributed by atoms with Gasteiger partial charge in [-0.2, -0.15) is 0 Å². The van der Waals surface area contributed by atoms with E-state index in [2.05, 4.69) is 26.2 Å². The maximum Gasteiger partial charge on any atom is 0.347 e. The number of fused-ring (bicyclic) bond motifs is 2. The van der Waals surface area contributed by atoms with Crippen LogP contribution in [0.5, 0.6) is 0 Å². The van der Waals surface area contributed by atoms with Crippen LogP contribution in [0.4, 0.5) is 17.6 Å². The number of hydrogen-bond donors (Lipinski definition) is 1. The van der Waals surface area contributed by atoms with Gasteiger partial charge < -0.3 is 31.3 Å². The summed E-state index contributed by atoms with van der Waals surface area (Å²) in [6.07, 6.45) is 4.62. The third kappa shape index (κ3) is 3.97. The minimum Gasteiger partial charge on any atom is -1.00 e. The van der Waals surface area contributed by atoms with Crippen molar-refractivity contribution in [1.29, 1.82) is 0 Å². The highest BCUT2D eigenvalue weighted by atomic mass is 79.9. The molecular weight excluding hydrogens is 494 g/mol. The summed E-state index contributed by atoms with van der Waals surface area (Å²) < 4.78 is 61.1. The summed E-state index contributed by atoms with van der Waals surface area (Å²) in [6, 6.07) is 5.03. The molecule has 0 radical (unpaired) electrons. The third-order valence-electron chi connectivity index (χ3n) is 6.52. The van der Waals surface area contributed by atoms with Gasteiger partial charge in [0.2, 0.25) is 5.60 Å². The highest BCUT2D eigenvalue weighted by molar-refractivity contribution is 5.85. The molecule has 2 bridgehead atoms. The van der Waals surface area contributed by atoms with Gasteiger partial charge in [-0.15, -0.1) is 0 Å². The summed E-state index contributed by atoms with van der Waals surface area (Å²) in [4.78, 5) is 13.2. The Morgan fingerprint density at radius 3 is 1.75 bits per heavy atom. The molecule has 0 aliphatic carbocycles. The van der Waals surface area contributed by atoms with Crippen molar-refractivity contribution in [1.82, 2.24) is 0 Å². The molecule has 1 fully saturated rings. The van der Waals surface area contributed by atoms with Crippen LogP contribution in [0.1, 0.15) is 24.0 Å². The van der Waals surface area contributed by atoms with Crippen molar-refractivity contribution < 1.29 is 53.7 Å². The fourth-order valence-corrected chi connectivity index (χ4v) is 4.46. The van der Waals surface area contributed by atoms with E-state index in [0.717, 1.165) is 28.7 Å². The average molecular weight is 516 g/mol. The summed E-state index contributed by atoms with van der Waals surface area (Å²) in [6.45, 7) is 0. The fourth-order valence-electron chi connectivity index (χ4n) is 4.46. The smallest absolute Gasteiger partial charge is 0.347 e. The van der Waals surface area contributed by atoms with Crippen LogP contribution in [-0.2, 0) is 15.1 Å². The van der Waals surface area contributed by atoms with E-state index < -0.39 is 40.9 Å². The molecule has 0 saturated carbocycles. The van der Waals surface area contributed by atoms with E-state index >= 15 is 0 Å². The minimum absolute atomic E-state index is 0. The van der Waals surface area contributed by atoms with Crippen LogP contribution < -0.4 is 17.0 Å². The van der Waals surface area contributed by atoms with E-state index in [-0.39, 0.29) is 40.2 Å². The summed E-state index contributed by atoms with van der Waals surface area (Å²) in [5.41, 5.74) is -3.36. The second kappa shape index (κ2) is 8.61. The van der Waals surface area contributed by atoms with Gasteiger partial charge in [-0.05, 0) is 36.4 Å². The number of rotatable bonds is 4. The molecule has 0 spiro atoms. The van der Waals surface area contributed by atoms with Gasteiger partial charge in [0.05, 0.1) is 14.1 Å². The Bertz CT molecular complexity index is 1010. The Kier molecular flexibility index (Phi) is 6.57. The van der Waals surface area contributed by atoms with Crippen LogP contribution in [0.3, 0.4) is 0 Å². The molecule has 32 heavy (non-hydrogen) atoms. The number of hydrogen-bond acceptors (Lipinski definition) is 3. The lowest BCUT2D eigenvalue weighted by molar-refractivity contribution is -0.926. The molecule has 2 atom stereocenters. The number of nitrogens with zero attached hydrogens (tertiary/aromatic N) is 1. The number of ether oxygens (including phenoxy) is 1. The SMILES string of the molecule is C[N+]1(C)C2C=CC1CC(OC(=O)C(O)(c1ccc(F)c(F)c1)c1ccc(F)c(F)c1)C2.[Br-]. The molecule has 2 aliphatic rings. The summed E-state index contributed by atoms with van der Waals surface area (Å²) in [5, 5.41) is 11.4. The van der Waals surface area contributed by atoms with E-state index in [4.69, 9.17) is 4.74 Å². The monoisotopic (exact) mass is 515 g/mol. The molecule has 0 aromatic heterocycles. The Balaban J connectivity index is 0.00000289. The first-order chi connectivity index (χ1) is 14.5. The molecule has 1 N–H and O–H groups in total. The lowest BCUT2D eigenvalue weighted by atomic mass is 9.85. The standard InChI is InChI=1S/C23H22F4NO3.BrH/c1-28(2)15-5-6-16(28)12-17(11-15)31-22(29)23(30,13-3-7-18(24)20(26)9-13)14-4-8-19(25)21(27)10-14;/h3-10,15-17,30H,11-12H2,1-2H3;1H/q+1;/p-1. The van der Waals surface area contributed by atoms with E-state index in [0.29, 0.717) is 25.0 Å². The molecule has 2 aliphatic heterocycles. The maximum atomic E-state index is 13.9. The molecule has 2 heterocycles. The molecule has 9 heteroatoms. The van der Waals surface area contributed by atoms with Crippen LogP contribution in [0, 0.1) is 23.3 Å². The van der Waals surface area contributed by atoms with Gasteiger partial charge in [0.1, 0.15) is 18.2 Å². The molecule has 1 saturated heterocycles. The number of piperidine rings is 1. The predicted octanol–water partition coefficient (Wildman–Crippen LogP) is 0.572. The third-order valence-corrected chi connectivity index (χ3v) is 6.52. The van der Waals surface area contributed by atoms with Crippen molar-refractivity contribution in [3.05, 3.63) is 82.9 Å². The van der Waals surface area contributed by atoms with Crippen molar-refractivity contribution in [3.63, 3.8) is 0 Å². The van der Waals surface area contributed by atoms with Crippen molar-refractivity contribution in [3.8, 4) is 0 Å². The zero-order valence-corrected chi connectivity index (χ0v) is 19.0. The maximum absolute atomic E-state index is 13.9. The second-order valence-corrected chi connectivity index (χ2v) is 8.62. The summed E-state index contributed by atoms with van der Waals surface area (Å²) in [7, 11) is 4.15. The molecule has 2 aromatic rings. The lowest BCUT2D eigenvalue weighted by Gasteiger charge is -2.44. The number of quaternary nitrogens is 1. The number of esters is 1. The minimum atomic E-state index is -2.66. The number of aliphatic hydroxyl groups is 1. The number of carbonyl (C=O) groups is 1. The fraction of sp³-hybridized carbons (Fsp3) is 0.348. The topological polar surface area (TPSA) is 46.5 Å². The van der Waals surface area contributed by atoms with Crippen LogP contribution in [-0.4, -0.2) is 47.8 Å². The number of halogens is 5. The zero-order chi connectivity index (χ0) is 22.6. The predicted molar refractivity (Wildman–Crippen MR) is 104 cm³/mol. The van der Waals surface area contributed by atoms with Crippen molar-refractivity contribution >= 4 is 5.97 Å². The number of carbonyl (C=O) groups excluding carboxylic acids is 1. The molecule has 2 unspecified atom stereocenters. The largest absolute Gasteiger partial charge is 1.00 e. The van der Waals surface area contributed by atoms with Gasteiger partial charge in [0.15, 0.2) is 23.3 Å². The first-order valence-corrected chi connectivity index (χ1v) is 9.89. The molecule has 4 rings (SSSR count). The summed E-state index contributed by atoms with van der Waals surface area (Å²) in [5.74, 6) is -6.13. The Labute approximate surface area is 193 Å². The van der Waals surface area contributed by atoms with Gasteiger partial charge >= 0.3 is 5.97 Å². The lowest BCUT2D eigenvalue weighted by Crippen LogP contribution is -3.00.